The number of Topliss-reactive ketones (excluding diaryl/α,β-unsaturated/α-hetero) is 1. The topological polar surface area (TPSA) is 49.3 Å². The molecule has 0 saturated heterocycles. The number of allylic oxidation sites excluding steroid dienone is 2. The quantitative estimate of drug-likeness (QED) is 0.198. The van der Waals surface area contributed by atoms with Crippen molar-refractivity contribution in [2.45, 2.75) is 112 Å². The second kappa shape index (κ2) is 15.4. The van der Waals surface area contributed by atoms with E-state index in [1.54, 1.807) is 19.1 Å². The maximum Gasteiger partial charge on any atom is 0.155 e. The Bertz CT molecular complexity index is 1200. The second-order valence-electron chi connectivity index (χ2n) is 11.2. The van der Waals surface area contributed by atoms with Crippen molar-refractivity contribution in [1.82, 2.24) is 5.32 Å². The molecule has 0 aliphatic rings. The Kier molecular flexibility index (Phi) is 13.0. The number of aromatic hydroxyl groups is 1. The summed E-state index contributed by atoms with van der Waals surface area (Å²) in [4.78, 5) is 13.4. The van der Waals surface area contributed by atoms with Gasteiger partial charge in [0.25, 0.3) is 0 Å². The van der Waals surface area contributed by atoms with E-state index in [0.29, 0.717) is 41.9 Å². The average molecular weight is 570 g/mol. The van der Waals surface area contributed by atoms with Gasteiger partial charge in [0, 0.05) is 22.4 Å². The first-order chi connectivity index (χ1) is 19.0. The third-order valence-electron chi connectivity index (χ3n) is 8.15. The Balaban J connectivity index is 2.93. The van der Waals surface area contributed by atoms with Crippen molar-refractivity contribution in [2.24, 2.45) is 5.92 Å². The van der Waals surface area contributed by atoms with Crippen LogP contribution in [0.4, 0.5) is 4.39 Å². The molecule has 220 valence electrons. The molecule has 0 aromatic heterocycles. The largest absolute Gasteiger partial charge is 0.507 e. The number of carbonyl (C=O) groups is 1. The number of halogens is 2. The smallest absolute Gasteiger partial charge is 0.155 e. The zero-order valence-corrected chi connectivity index (χ0v) is 26.4. The summed E-state index contributed by atoms with van der Waals surface area (Å²) in [5.74, 6) is 0.131. The van der Waals surface area contributed by atoms with E-state index in [4.69, 9.17) is 11.6 Å². The molecule has 2 rings (SSSR count). The third kappa shape index (κ3) is 7.57. The van der Waals surface area contributed by atoms with E-state index >= 15 is 4.39 Å². The van der Waals surface area contributed by atoms with E-state index < -0.39 is 11.4 Å². The minimum absolute atomic E-state index is 0.00811. The summed E-state index contributed by atoms with van der Waals surface area (Å²) in [6.45, 7) is 18.2. The molecule has 0 aliphatic carbocycles. The van der Waals surface area contributed by atoms with Crippen LogP contribution >= 0.6 is 11.6 Å². The normalized spacial score (nSPS) is 14.3. The first-order valence-electron chi connectivity index (χ1n) is 15.0. The molecule has 3 nitrogen and oxygen atoms in total. The number of aryl methyl sites for hydroxylation is 1. The number of benzene rings is 2. The van der Waals surface area contributed by atoms with Crippen LogP contribution in [0.2, 0.25) is 5.02 Å². The molecule has 2 aromatic rings. The fourth-order valence-corrected chi connectivity index (χ4v) is 5.84. The maximum atomic E-state index is 16.6. The van der Waals surface area contributed by atoms with Gasteiger partial charge in [0.15, 0.2) is 5.78 Å². The predicted octanol–water partition coefficient (Wildman–Crippen LogP) is 10.4. The first-order valence-corrected chi connectivity index (χ1v) is 15.3. The predicted molar refractivity (Wildman–Crippen MR) is 169 cm³/mol. The molecule has 2 N–H and O–H groups in total. The fraction of sp³-hybridized carbons (Fsp3) is 0.514. The summed E-state index contributed by atoms with van der Waals surface area (Å²) in [5.41, 5.74) is 3.43. The van der Waals surface area contributed by atoms with Crippen LogP contribution in [0.1, 0.15) is 110 Å². The van der Waals surface area contributed by atoms with Gasteiger partial charge in [0.05, 0.1) is 10.6 Å². The minimum atomic E-state index is -0.783. The van der Waals surface area contributed by atoms with E-state index in [1.807, 2.05) is 32.1 Å². The highest BCUT2D eigenvalue weighted by atomic mass is 35.5. The molecule has 0 radical (unpaired) electrons. The van der Waals surface area contributed by atoms with Gasteiger partial charge in [-0.15, -0.1) is 0 Å². The molecule has 2 unspecified atom stereocenters. The molecule has 0 spiro atoms. The van der Waals surface area contributed by atoms with Crippen LogP contribution in [0.25, 0.3) is 16.8 Å². The summed E-state index contributed by atoms with van der Waals surface area (Å²) in [6.07, 6.45) is 8.77. The van der Waals surface area contributed by atoms with Crippen molar-refractivity contribution in [1.29, 1.82) is 0 Å². The van der Waals surface area contributed by atoms with Crippen LogP contribution in [-0.2, 0) is 11.2 Å². The second-order valence-corrected chi connectivity index (χ2v) is 11.6. The Morgan fingerprint density at radius 2 is 1.85 bits per heavy atom. The lowest BCUT2D eigenvalue weighted by Crippen LogP contribution is -2.50. The minimum Gasteiger partial charge on any atom is -0.507 e. The number of phenols is 1. The number of phenolic OH excluding ortho intramolecular Hbond substituents is 1. The van der Waals surface area contributed by atoms with Crippen molar-refractivity contribution in [2.75, 3.05) is 0 Å². The van der Waals surface area contributed by atoms with Gasteiger partial charge in [-0.05, 0) is 80.7 Å². The lowest BCUT2D eigenvalue weighted by atomic mass is 9.80. The van der Waals surface area contributed by atoms with Gasteiger partial charge in [0.1, 0.15) is 11.6 Å². The molecule has 0 heterocycles. The Labute approximate surface area is 246 Å². The fourth-order valence-electron chi connectivity index (χ4n) is 5.56. The molecule has 2 atom stereocenters. The Hall–Kier alpha value is -2.59. The molecule has 0 bridgehead atoms. The zero-order valence-electron chi connectivity index (χ0n) is 25.6. The Morgan fingerprint density at radius 1 is 1.15 bits per heavy atom. The van der Waals surface area contributed by atoms with Crippen LogP contribution < -0.4 is 5.32 Å². The molecule has 0 fully saturated rings. The van der Waals surface area contributed by atoms with Crippen LogP contribution in [0.5, 0.6) is 5.75 Å². The lowest BCUT2D eigenvalue weighted by molar-refractivity contribution is -0.123. The standard InChI is InChI=1S/C35H49ClFNO2/c1-9-15-26(13-5)34(38-35(20-11-3,25(8)39)21-19-23(6)12-4)28-22-29(36)32(33(37)27(28)16-10-2)31-24(7)17-14-18-30(31)40/h13-14,17-18,22-23,38,40H,5,9-12,15-16,19-21H2,1-4,6-8H3/b34-26-. The van der Waals surface area contributed by atoms with Gasteiger partial charge in [0.2, 0.25) is 0 Å². The number of ketones is 1. The molecule has 5 heteroatoms. The van der Waals surface area contributed by atoms with Crippen molar-refractivity contribution in [3.63, 3.8) is 0 Å². The zero-order chi connectivity index (χ0) is 30.0. The summed E-state index contributed by atoms with van der Waals surface area (Å²) in [7, 11) is 0. The van der Waals surface area contributed by atoms with Crippen molar-refractivity contribution >= 4 is 23.1 Å². The van der Waals surface area contributed by atoms with E-state index in [0.717, 1.165) is 55.4 Å². The van der Waals surface area contributed by atoms with E-state index in [9.17, 15) is 9.90 Å². The van der Waals surface area contributed by atoms with Gasteiger partial charge in [-0.25, -0.2) is 4.39 Å². The van der Waals surface area contributed by atoms with Crippen molar-refractivity contribution in [3.8, 4) is 16.9 Å². The third-order valence-corrected chi connectivity index (χ3v) is 8.45. The van der Waals surface area contributed by atoms with E-state index in [-0.39, 0.29) is 22.1 Å². The Morgan fingerprint density at radius 3 is 2.38 bits per heavy atom. The van der Waals surface area contributed by atoms with Gasteiger partial charge in [-0.1, -0.05) is 96.7 Å². The van der Waals surface area contributed by atoms with Crippen LogP contribution in [-0.4, -0.2) is 16.4 Å². The summed E-state index contributed by atoms with van der Waals surface area (Å²) >= 11 is 6.88. The molecule has 40 heavy (non-hydrogen) atoms. The highest BCUT2D eigenvalue weighted by molar-refractivity contribution is 6.33. The number of nitrogens with one attached hydrogen (secondary N) is 1. The lowest BCUT2D eigenvalue weighted by Gasteiger charge is -2.37. The SMILES string of the molecule is C=C/C(CCC)=C(/NC(CCC)(CCC(C)CC)C(C)=O)c1cc(Cl)c(-c2c(C)cccc2O)c(F)c1CCC. The highest BCUT2D eigenvalue weighted by Gasteiger charge is 2.36. The average Bonchev–Trinajstić information content (AvgIpc) is 2.91. The van der Waals surface area contributed by atoms with Crippen LogP contribution in [0.3, 0.4) is 0 Å². The first kappa shape index (κ1) is 33.6. The highest BCUT2D eigenvalue weighted by Crippen LogP contribution is 2.43. The summed E-state index contributed by atoms with van der Waals surface area (Å²) < 4.78 is 16.6. The van der Waals surface area contributed by atoms with E-state index in [1.165, 1.54) is 0 Å². The van der Waals surface area contributed by atoms with Crippen LogP contribution in [0, 0.1) is 18.7 Å². The number of hydrogen-bond donors (Lipinski definition) is 2. The van der Waals surface area contributed by atoms with Gasteiger partial charge < -0.3 is 10.4 Å². The number of rotatable bonds is 16. The van der Waals surface area contributed by atoms with Gasteiger partial charge in [-0.3, -0.25) is 4.79 Å². The molecular weight excluding hydrogens is 521 g/mol. The van der Waals surface area contributed by atoms with Crippen molar-refractivity contribution < 1.29 is 14.3 Å². The molecule has 0 saturated carbocycles. The number of hydrogen-bond acceptors (Lipinski definition) is 3. The monoisotopic (exact) mass is 569 g/mol. The summed E-state index contributed by atoms with van der Waals surface area (Å²) in [6, 6.07) is 6.94. The number of carbonyl (C=O) groups excluding carboxylic acids is 1. The maximum absolute atomic E-state index is 16.6. The molecule has 0 amide bonds. The van der Waals surface area contributed by atoms with E-state index in [2.05, 4.69) is 39.6 Å². The molecule has 0 aliphatic heterocycles. The van der Waals surface area contributed by atoms with Crippen molar-refractivity contribution in [3.05, 3.63) is 70.0 Å². The van der Waals surface area contributed by atoms with Crippen LogP contribution in [0.15, 0.2) is 42.5 Å². The summed E-state index contributed by atoms with van der Waals surface area (Å²) in [5, 5.41) is 14.6. The van der Waals surface area contributed by atoms with Gasteiger partial charge in [-0.2, -0.15) is 0 Å². The molecular formula is C35H49ClFNO2. The molecule has 2 aromatic carbocycles. The van der Waals surface area contributed by atoms with Gasteiger partial charge >= 0.3 is 0 Å².